The van der Waals surface area contributed by atoms with Gasteiger partial charge in [-0.3, -0.25) is 4.79 Å². The largest absolute Gasteiger partial charge is 0.325 e. The fourth-order valence-corrected chi connectivity index (χ4v) is 3.50. The molecule has 0 radical (unpaired) electrons. The Morgan fingerprint density at radius 1 is 1.30 bits per heavy atom. The molecular weight excluding hydrogens is 321 g/mol. The fraction of sp³-hybridized carbons (Fsp3) is 0.462. The first kappa shape index (κ1) is 15.6. The van der Waals surface area contributed by atoms with Gasteiger partial charge in [-0.05, 0) is 37.0 Å². The molecule has 1 amide bonds. The molecule has 0 aliphatic heterocycles. The van der Waals surface area contributed by atoms with Crippen LogP contribution in [0.1, 0.15) is 32.1 Å². The number of hydrogen-bond acceptors (Lipinski definition) is 3. The van der Waals surface area contributed by atoms with E-state index in [1.54, 1.807) is 0 Å². The number of benzene rings is 1. The summed E-state index contributed by atoms with van der Waals surface area (Å²) < 4.78 is 22.3. The highest BCUT2D eigenvalue weighted by Gasteiger charge is 2.19. The normalized spacial score (nSPS) is 16.3. The van der Waals surface area contributed by atoms with E-state index in [2.05, 4.69) is 5.32 Å². The van der Waals surface area contributed by atoms with Crippen molar-refractivity contribution in [2.24, 2.45) is 5.92 Å². The summed E-state index contributed by atoms with van der Waals surface area (Å²) in [4.78, 5) is 11.8. The summed E-state index contributed by atoms with van der Waals surface area (Å²) in [5, 5.41) is 2.87. The Bertz CT molecular complexity index is 610. The van der Waals surface area contributed by atoms with Crippen LogP contribution in [0, 0.1) is 5.92 Å². The predicted molar refractivity (Wildman–Crippen MR) is 79.7 cm³/mol. The molecule has 1 aliphatic rings. The summed E-state index contributed by atoms with van der Waals surface area (Å²) in [6.07, 6.45) is 5.02. The van der Waals surface area contributed by atoms with Crippen LogP contribution in [0.2, 0.25) is 5.02 Å². The average molecular weight is 336 g/mol. The second-order valence-electron chi connectivity index (χ2n) is 4.98. The Hall–Kier alpha value is -0.780. The molecule has 20 heavy (non-hydrogen) atoms. The summed E-state index contributed by atoms with van der Waals surface area (Å²) in [5.41, 5.74) is 0.402. The summed E-state index contributed by atoms with van der Waals surface area (Å²) in [6, 6.07) is 4.00. The SMILES string of the molecule is O=C(CC1CCCC1)Nc1ccc(S(=O)(=O)Cl)cc1Cl. The topological polar surface area (TPSA) is 63.2 Å². The first-order chi connectivity index (χ1) is 9.36. The first-order valence-electron chi connectivity index (χ1n) is 6.40. The lowest BCUT2D eigenvalue weighted by Crippen LogP contribution is -2.15. The molecule has 1 aliphatic carbocycles. The fourth-order valence-electron chi connectivity index (χ4n) is 2.43. The quantitative estimate of drug-likeness (QED) is 0.851. The zero-order chi connectivity index (χ0) is 14.8. The van der Waals surface area contributed by atoms with Crippen molar-refractivity contribution in [3.8, 4) is 0 Å². The molecule has 1 aromatic rings. The van der Waals surface area contributed by atoms with Gasteiger partial charge in [0.15, 0.2) is 0 Å². The van der Waals surface area contributed by atoms with E-state index in [0.717, 1.165) is 12.8 Å². The standard InChI is InChI=1S/C13H15Cl2NO3S/c14-11-8-10(20(15,18)19)5-6-12(11)16-13(17)7-9-3-1-2-4-9/h5-6,8-9H,1-4,7H2,(H,16,17). The molecule has 0 spiro atoms. The van der Waals surface area contributed by atoms with Gasteiger partial charge >= 0.3 is 0 Å². The van der Waals surface area contributed by atoms with Crippen molar-refractivity contribution in [1.82, 2.24) is 0 Å². The molecule has 0 unspecified atom stereocenters. The lowest BCUT2D eigenvalue weighted by molar-refractivity contribution is -0.117. The third-order valence-corrected chi connectivity index (χ3v) is 5.11. The molecule has 0 aromatic heterocycles. The van der Waals surface area contributed by atoms with Crippen LogP contribution in [-0.4, -0.2) is 14.3 Å². The van der Waals surface area contributed by atoms with Crippen molar-refractivity contribution in [3.63, 3.8) is 0 Å². The van der Waals surface area contributed by atoms with Gasteiger partial charge in [0.25, 0.3) is 9.05 Å². The minimum atomic E-state index is -3.81. The zero-order valence-corrected chi connectivity index (χ0v) is 13.1. The summed E-state index contributed by atoms with van der Waals surface area (Å²) in [5.74, 6) is 0.344. The Morgan fingerprint density at radius 3 is 2.50 bits per heavy atom. The lowest BCUT2D eigenvalue weighted by Gasteiger charge is -2.11. The average Bonchev–Trinajstić information content (AvgIpc) is 2.83. The van der Waals surface area contributed by atoms with Crippen molar-refractivity contribution in [2.45, 2.75) is 37.0 Å². The van der Waals surface area contributed by atoms with E-state index < -0.39 is 9.05 Å². The summed E-state index contributed by atoms with van der Waals surface area (Å²) in [7, 11) is 1.41. The van der Waals surface area contributed by atoms with Gasteiger partial charge in [-0.1, -0.05) is 24.4 Å². The molecule has 4 nitrogen and oxygen atoms in total. The number of anilines is 1. The van der Waals surface area contributed by atoms with Crippen molar-refractivity contribution in [2.75, 3.05) is 5.32 Å². The number of halogens is 2. The van der Waals surface area contributed by atoms with E-state index >= 15 is 0 Å². The number of hydrogen-bond donors (Lipinski definition) is 1. The van der Waals surface area contributed by atoms with Gasteiger partial charge in [0.05, 0.1) is 15.6 Å². The van der Waals surface area contributed by atoms with Gasteiger partial charge < -0.3 is 5.32 Å². The second-order valence-corrected chi connectivity index (χ2v) is 7.96. The molecule has 110 valence electrons. The number of rotatable bonds is 4. The summed E-state index contributed by atoms with van der Waals surface area (Å²) >= 11 is 5.96. The van der Waals surface area contributed by atoms with Gasteiger partial charge in [-0.25, -0.2) is 8.42 Å². The van der Waals surface area contributed by atoms with Crippen LogP contribution in [0.5, 0.6) is 0 Å². The number of amides is 1. The Labute approximate surface area is 127 Å². The molecule has 1 N–H and O–H groups in total. The molecule has 7 heteroatoms. The number of carbonyl (C=O) groups excluding carboxylic acids is 1. The third kappa shape index (κ3) is 4.11. The van der Waals surface area contributed by atoms with E-state index in [0.29, 0.717) is 18.0 Å². The highest BCUT2D eigenvalue weighted by atomic mass is 35.7. The number of nitrogens with one attached hydrogen (secondary N) is 1. The van der Waals surface area contributed by atoms with Crippen molar-refractivity contribution in [3.05, 3.63) is 23.2 Å². The van der Waals surface area contributed by atoms with Crippen LogP contribution < -0.4 is 5.32 Å². The third-order valence-electron chi connectivity index (χ3n) is 3.44. The van der Waals surface area contributed by atoms with Crippen LogP contribution in [0.3, 0.4) is 0 Å². The van der Waals surface area contributed by atoms with Gasteiger partial charge in [-0.15, -0.1) is 0 Å². The highest BCUT2D eigenvalue weighted by Crippen LogP contribution is 2.30. The molecule has 0 atom stereocenters. The monoisotopic (exact) mass is 335 g/mol. The van der Waals surface area contributed by atoms with Crippen LogP contribution in [0.25, 0.3) is 0 Å². The van der Waals surface area contributed by atoms with E-state index in [9.17, 15) is 13.2 Å². The minimum Gasteiger partial charge on any atom is -0.325 e. The van der Waals surface area contributed by atoms with Gasteiger partial charge in [0.1, 0.15) is 0 Å². The van der Waals surface area contributed by atoms with Gasteiger partial charge in [-0.2, -0.15) is 0 Å². The molecule has 1 saturated carbocycles. The van der Waals surface area contributed by atoms with E-state index in [-0.39, 0.29) is 15.8 Å². The van der Waals surface area contributed by atoms with Crippen molar-refractivity contribution >= 4 is 42.9 Å². The Morgan fingerprint density at radius 2 is 1.95 bits per heavy atom. The second kappa shape index (κ2) is 6.33. The predicted octanol–water partition coefficient (Wildman–Crippen LogP) is 3.79. The van der Waals surface area contributed by atoms with Crippen LogP contribution in [0.4, 0.5) is 5.69 Å². The lowest BCUT2D eigenvalue weighted by atomic mass is 10.0. The molecule has 1 aromatic carbocycles. The van der Waals surface area contributed by atoms with Gasteiger partial charge in [0.2, 0.25) is 5.91 Å². The summed E-state index contributed by atoms with van der Waals surface area (Å²) in [6.45, 7) is 0. The van der Waals surface area contributed by atoms with Gasteiger partial charge in [0, 0.05) is 17.1 Å². The van der Waals surface area contributed by atoms with Crippen molar-refractivity contribution < 1.29 is 13.2 Å². The molecule has 0 saturated heterocycles. The maximum absolute atomic E-state index is 11.9. The smallest absolute Gasteiger partial charge is 0.261 e. The molecule has 0 heterocycles. The Balaban J connectivity index is 2.04. The van der Waals surface area contributed by atoms with E-state index in [1.165, 1.54) is 31.0 Å². The Kier molecular flexibility index (Phi) is 4.94. The van der Waals surface area contributed by atoms with Crippen LogP contribution in [0.15, 0.2) is 23.1 Å². The minimum absolute atomic E-state index is 0.0852. The van der Waals surface area contributed by atoms with Crippen molar-refractivity contribution in [1.29, 1.82) is 0 Å². The van der Waals surface area contributed by atoms with Crippen LogP contribution in [-0.2, 0) is 13.8 Å². The first-order valence-corrected chi connectivity index (χ1v) is 9.09. The molecule has 1 fully saturated rings. The highest BCUT2D eigenvalue weighted by molar-refractivity contribution is 8.13. The zero-order valence-electron chi connectivity index (χ0n) is 10.7. The maximum atomic E-state index is 11.9. The molecule has 2 rings (SSSR count). The van der Waals surface area contributed by atoms with Crippen LogP contribution >= 0.6 is 22.3 Å². The number of carbonyl (C=O) groups is 1. The van der Waals surface area contributed by atoms with E-state index in [4.69, 9.17) is 22.3 Å². The maximum Gasteiger partial charge on any atom is 0.261 e. The molecule has 0 bridgehead atoms. The molecular formula is C13H15Cl2NO3S. The van der Waals surface area contributed by atoms with E-state index in [1.807, 2.05) is 0 Å².